The summed E-state index contributed by atoms with van der Waals surface area (Å²) in [7, 11) is 3.42. The van der Waals surface area contributed by atoms with Gasteiger partial charge in [0.15, 0.2) is 0 Å². The van der Waals surface area contributed by atoms with Crippen LogP contribution < -0.4 is 0 Å². The van der Waals surface area contributed by atoms with Crippen LogP contribution in [0.5, 0.6) is 0 Å². The Morgan fingerprint density at radius 1 is 1.69 bits per heavy atom. The second-order valence-corrected chi connectivity index (χ2v) is 4.76. The lowest BCUT2D eigenvalue weighted by atomic mass is 9.94. The van der Waals surface area contributed by atoms with Gasteiger partial charge in [0.1, 0.15) is 20.1 Å². The van der Waals surface area contributed by atoms with E-state index in [2.05, 4.69) is 0 Å². The summed E-state index contributed by atoms with van der Waals surface area (Å²) in [5, 5.41) is 0. The van der Waals surface area contributed by atoms with Crippen LogP contribution in [0, 0.1) is 0 Å². The molecule has 2 unspecified atom stereocenters. The smallest absolute Gasteiger partial charge is 0.325 e. The third-order valence-electron chi connectivity index (χ3n) is 1.76. The average molecular weight is 206 g/mol. The maximum absolute atomic E-state index is 10.9. The minimum atomic E-state index is -3.54. The van der Waals surface area contributed by atoms with Crippen LogP contribution in [0.1, 0.15) is 0 Å². The fraction of sp³-hybridized carbons (Fsp3) is 1.00. The van der Waals surface area contributed by atoms with E-state index in [1.165, 1.54) is 7.11 Å². The third-order valence-corrected chi connectivity index (χ3v) is 2.40. The molecule has 0 aliphatic carbocycles. The van der Waals surface area contributed by atoms with E-state index < -0.39 is 19.7 Å². The van der Waals surface area contributed by atoms with Crippen molar-refractivity contribution >= 4 is 15.4 Å². The van der Waals surface area contributed by atoms with Crippen molar-refractivity contribution in [3.8, 4) is 0 Å². The van der Waals surface area contributed by atoms with Crippen molar-refractivity contribution in [2.75, 3.05) is 20.4 Å². The van der Waals surface area contributed by atoms with Crippen LogP contribution in [0.25, 0.3) is 0 Å². The van der Waals surface area contributed by atoms with Gasteiger partial charge in [-0.15, -0.1) is 0 Å². The van der Waals surface area contributed by atoms with Gasteiger partial charge in [-0.2, -0.15) is 0 Å². The number of methoxy groups -OCH3 is 1. The molecule has 1 fully saturated rings. The van der Waals surface area contributed by atoms with E-state index in [1.54, 1.807) is 0 Å². The predicted octanol–water partition coefficient (Wildman–Crippen LogP) is -0.273. The van der Waals surface area contributed by atoms with Crippen LogP contribution in [0.3, 0.4) is 0 Å². The molecule has 0 spiro atoms. The maximum atomic E-state index is 10.9. The lowest BCUT2D eigenvalue weighted by Crippen LogP contribution is -2.33. The van der Waals surface area contributed by atoms with Gasteiger partial charge in [-0.1, -0.05) is 0 Å². The lowest BCUT2D eigenvalue weighted by molar-refractivity contribution is 0.0263. The Hall–Kier alpha value is 0.135. The molecule has 1 heterocycles. The van der Waals surface area contributed by atoms with Crippen molar-refractivity contribution in [3.63, 3.8) is 0 Å². The molecule has 74 valence electrons. The molecule has 0 amide bonds. The van der Waals surface area contributed by atoms with E-state index in [9.17, 15) is 4.57 Å². The molecule has 1 aliphatic rings. The molecule has 0 aromatic carbocycles. The molecule has 2 radical (unpaired) electrons. The minimum absolute atomic E-state index is 0.280. The van der Waals surface area contributed by atoms with E-state index in [1.807, 2.05) is 0 Å². The van der Waals surface area contributed by atoms with Gasteiger partial charge >= 0.3 is 7.60 Å². The van der Waals surface area contributed by atoms with Gasteiger partial charge in [-0.3, -0.25) is 4.57 Å². The monoisotopic (exact) mass is 206 g/mol. The molecule has 1 aliphatic heterocycles. The molecule has 0 bridgehead atoms. The fourth-order valence-corrected chi connectivity index (χ4v) is 1.87. The van der Waals surface area contributed by atoms with Crippen LogP contribution in [0.4, 0.5) is 0 Å². The summed E-state index contributed by atoms with van der Waals surface area (Å²) < 4.78 is 25.8. The highest BCUT2D eigenvalue weighted by molar-refractivity contribution is 7.51. The zero-order valence-electron chi connectivity index (χ0n) is 7.54. The first-order valence-corrected chi connectivity index (χ1v) is 5.85. The van der Waals surface area contributed by atoms with Crippen molar-refractivity contribution in [1.82, 2.24) is 0 Å². The molecule has 13 heavy (non-hydrogen) atoms. The fourth-order valence-electron chi connectivity index (χ4n) is 1.16. The normalized spacial score (nSPS) is 38.8. The van der Waals surface area contributed by atoms with E-state index in [0.29, 0.717) is 0 Å². The van der Waals surface area contributed by atoms with Crippen molar-refractivity contribution < 1.29 is 23.5 Å². The lowest BCUT2D eigenvalue weighted by Gasteiger charge is -2.21. The van der Waals surface area contributed by atoms with Gasteiger partial charge in [-0.25, -0.2) is 0 Å². The van der Waals surface area contributed by atoms with Crippen LogP contribution >= 0.6 is 7.60 Å². The van der Waals surface area contributed by atoms with Crippen LogP contribution in [-0.4, -0.2) is 51.3 Å². The Morgan fingerprint density at radius 2 is 2.31 bits per heavy atom. The second-order valence-electron chi connectivity index (χ2n) is 2.95. The largest absolute Gasteiger partial charge is 0.382 e. The summed E-state index contributed by atoms with van der Waals surface area (Å²) in [5.41, 5.74) is 0. The molecular weight excluding hydrogens is 194 g/mol. The molecule has 4 atom stereocenters. The van der Waals surface area contributed by atoms with Crippen molar-refractivity contribution in [2.45, 2.75) is 18.2 Å². The summed E-state index contributed by atoms with van der Waals surface area (Å²) in [5.74, 6) is 0. The number of ether oxygens (including phenoxy) is 2. The molecule has 1 saturated heterocycles. The minimum Gasteiger partial charge on any atom is -0.382 e. The van der Waals surface area contributed by atoms with Crippen LogP contribution in [0.15, 0.2) is 0 Å². The molecule has 1 rings (SSSR count). The van der Waals surface area contributed by atoms with E-state index in [-0.39, 0.29) is 12.7 Å². The first kappa shape index (κ1) is 11.2. The zero-order valence-corrected chi connectivity index (χ0v) is 8.44. The molecule has 7 heteroatoms. The molecule has 1 N–H and O–H groups in total. The highest BCUT2D eigenvalue weighted by Gasteiger charge is 2.38. The Bertz CT molecular complexity index is 217. The number of rotatable bonds is 3. The quantitative estimate of drug-likeness (QED) is 0.508. The topological polar surface area (TPSA) is 65.0 Å². The predicted molar refractivity (Wildman–Crippen MR) is 46.9 cm³/mol. The zero-order chi connectivity index (χ0) is 10.1. The Balaban J connectivity index is 2.60. The molecule has 0 aromatic rings. The molecule has 5 nitrogen and oxygen atoms in total. The standard InChI is InChI=1S/C6H12BO5P/c1-10-4-3-11-6(7)5(4)12-13(2,8)9/h4-6H,3H2,1-2H3,(H,8,9)/t4?,5-,6+/m0/s1. The number of hydrogen-bond acceptors (Lipinski definition) is 4. The number of hydrogen-bond donors (Lipinski definition) is 1. The summed E-state index contributed by atoms with van der Waals surface area (Å²) in [6, 6.07) is -0.703. The second kappa shape index (κ2) is 4.11. The van der Waals surface area contributed by atoms with Gasteiger partial charge < -0.3 is 18.9 Å². The maximum Gasteiger partial charge on any atom is 0.325 e. The first-order valence-electron chi connectivity index (χ1n) is 3.82. The summed E-state index contributed by atoms with van der Waals surface area (Å²) in [6.45, 7) is 1.38. The van der Waals surface area contributed by atoms with Gasteiger partial charge in [0.25, 0.3) is 0 Å². The summed E-state index contributed by atoms with van der Waals surface area (Å²) in [6.07, 6.45) is -1.05. The van der Waals surface area contributed by atoms with E-state index in [4.69, 9.17) is 26.7 Å². The summed E-state index contributed by atoms with van der Waals surface area (Å²) in [4.78, 5) is 8.98. The average Bonchev–Trinajstić information content (AvgIpc) is 2.30. The van der Waals surface area contributed by atoms with Crippen molar-refractivity contribution in [2.24, 2.45) is 0 Å². The SMILES string of the molecule is [B][C@@H]1OCC(OC)[C@@H]1OP(C)(=O)O. The first-order chi connectivity index (χ1) is 5.94. The molecule has 0 aromatic heterocycles. The third kappa shape index (κ3) is 3.07. The Labute approximate surface area is 78.3 Å². The van der Waals surface area contributed by atoms with Gasteiger partial charge in [0.05, 0.1) is 6.61 Å². The van der Waals surface area contributed by atoms with Crippen LogP contribution in [0.2, 0.25) is 0 Å². The Kier molecular flexibility index (Phi) is 3.54. The van der Waals surface area contributed by atoms with Gasteiger partial charge in [-0.05, 0) is 0 Å². The Morgan fingerprint density at radius 3 is 2.77 bits per heavy atom. The van der Waals surface area contributed by atoms with Crippen molar-refractivity contribution in [3.05, 3.63) is 0 Å². The highest BCUT2D eigenvalue weighted by atomic mass is 31.2. The van der Waals surface area contributed by atoms with Gasteiger partial charge in [0, 0.05) is 19.8 Å². The van der Waals surface area contributed by atoms with E-state index in [0.717, 1.165) is 6.66 Å². The molecule has 0 saturated carbocycles. The van der Waals surface area contributed by atoms with Crippen molar-refractivity contribution in [1.29, 1.82) is 0 Å². The molecular formula is C6H12BO5P. The van der Waals surface area contributed by atoms with Crippen LogP contribution in [-0.2, 0) is 18.6 Å². The van der Waals surface area contributed by atoms with Gasteiger partial charge in [0.2, 0.25) is 0 Å². The highest BCUT2D eigenvalue weighted by Crippen LogP contribution is 2.41. The van der Waals surface area contributed by atoms with E-state index >= 15 is 0 Å². The summed E-state index contributed by atoms with van der Waals surface area (Å²) >= 11 is 0.